The zero-order valence-electron chi connectivity index (χ0n) is 40.3. The van der Waals surface area contributed by atoms with Gasteiger partial charge in [0.25, 0.3) is 0 Å². The summed E-state index contributed by atoms with van der Waals surface area (Å²) in [6, 6.07) is 46.6. The maximum absolute atomic E-state index is 7.19. The maximum atomic E-state index is 7.19. The molecule has 0 saturated carbocycles. The Hall–Kier alpha value is -9.40. The summed E-state index contributed by atoms with van der Waals surface area (Å²) >= 11 is 0. The van der Waals surface area contributed by atoms with Gasteiger partial charge < -0.3 is 20.9 Å². The topological polar surface area (TPSA) is 79.1 Å². The second kappa shape index (κ2) is 19.9. The molecule has 0 radical (unpaired) electrons. The zero-order chi connectivity index (χ0) is 49.0. The number of nitrogens with zero attached hydrogens (tertiary/aromatic N) is 6. The molecule has 8 nitrogen and oxygen atoms in total. The maximum Gasteiger partial charge on any atom is 0.145 e. The van der Waals surface area contributed by atoms with Gasteiger partial charge in [-0.05, 0) is 125 Å². The third-order valence-corrected chi connectivity index (χ3v) is 13.4. The molecule has 0 aliphatic carbocycles. The van der Waals surface area contributed by atoms with E-state index in [1.54, 1.807) is 0 Å². The molecular formula is C64H54N8. The van der Waals surface area contributed by atoms with Crippen molar-refractivity contribution in [2.45, 2.75) is 26.4 Å². The molecule has 0 fully saturated rings. The molecule has 4 aromatic carbocycles. The summed E-state index contributed by atoms with van der Waals surface area (Å²) in [5, 5.41) is 3.71. The summed E-state index contributed by atoms with van der Waals surface area (Å²) in [4.78, 5) is 14.3. The van der Waals surface area contributed by atoms with Crippen molar-refractivity contribution in [3.05, 3.63) is 288 Å². The van der Waals surface area contributed by atoms with Gasteiger partial charge in [-0.1, -0.05) is 147 Å². The third kappa shape index (κ3) is 8.78. The molecule has 3 aliphatic heterocycles. The fraction of sp³-hybridized carbons (Fsp3) is 0.0625. The quantitative estimate of drug-likeness (QED) is 0.112. The van der Waals surface area contributed by atoms with E-state index >= 15 is 0 Å². The van der Waals surface area contributed by atoms with Gasteiger partial charge in [0.2, 0.25) is 0 Å². The first-order valence-electron chi connectivity index (χ1n) is 24.4. The molecule has 0 spiro atoms. The summed E-state index contributed by atoms with van der Waals surface area (Å²) in [6.07, 6.45) is 38.0. The Bertz CT molecular complexity index is 3690. The standard InChI is InChI=1S/C64H54N8/c1-4-48(51-34-35-55(57(42-51)64-67-44-53-22-12-16-39-71(53)64)54-23-9-10-24-56(54)63-66-43-52-21-11-15-38-70(52)63)41-49(5-2)61(65)58-25-13-17-37-69(58)45(3)27-28-46-29-31-47(32-30-46)33-36-60-68-62(50-19-7-6-8-20-50)59-26-14-18-40-72(59)60/h5-44,64,67H,3-4,65H2,1-2H3/b28-27+,36-33+,48-41+,49-5+,61-58+. The summed E-state index contributed by atoms with van der Waals surface area (Å²) in [7, 11) is 0. The second-order valence-electron chi connectivity index (χ2n) is 17.8. The lowest BCUT2D eigenvalue weighted by Gasteiger charge is -2.29. The van der Waals surface area contributed by atoms with E-state index in [0.29, 0.717) is 5.70 Å². The number of fused-ring (bicyclic) bond motifs is 3. The van der Waals surface area contributed by atoms with E-state index in [2.05, 4.69) is 214 Å². The van der Waals surface area contributed by atoms with Crippen LogP contribution in [0.4, 0.5) is 0 Å². The molecule has 11 rings (SSSR count). The summed E-state index contributed by atoms with van der Waals surface area (Å²) in [5.41, 5.74) is 24.6. The number of aromatic nitrogens is 4. The summed E-state index contributed by atoms with van der Waals surface area (Å²) in [5.74, 6) is 1.78. The molecule has 3 aliphatic rings. The van der Waals surface area contributed by atoms with Crippen molar-refractivity contribution in [2.24, 2.45) is 5.73 Å². The normalized spacial score (nSPS) is 16.4. The monoisotopic (exact) mass is 934 g/mol. The molecule has 8 heteroatoms. The van der Waals surface area contributed by atoms with Gasteiger partial charge in [0.15, 0.2) is 0 Å². The highest BCUT2D eigenvalue weighted by atomic mass is 15.3. The minimum atomic E-state index is -0.128. The largest absolute Gasteiger partial charge is 0.397 e. The van der Waals surface area contributed by atoms with Crippen LogP contribution < -0.4 is 11.1 Å². The van der Waals surface area contributed by atoms with Crippen LogP contribution in [-0.2, 0) is 0 Å². The Morgan fingerprint density at radius 2 is 1.47 bits per heavy atom. The smallest absolute Gasteiger partial charge is 0.145 e. The number of hydrogen-bond acceptors (Lipinski definition) is 6. The molecule has 7 heterocycles. The molecule has 350 valence electrons. The van der Waals surface area contributed by atoms with Crippen LogP contribution in [0.1, 0.15) is 54.5 Å². The van der Waals surface area contributed by atoms with Crippen molar-refractivity contribution in [3.8, 4) is 33.8 Å². The van der Waals surface area contributed by atoms with Crippen molar-refractivity contribution >= 4 is 34.8 Å². The average molecular weight is 935 g/mol. The summed E-state index contributed by atoms with van der Waals surface area (Å²) in [6.45, 7) is 8.74. The first kappa shape index (κ1) is 45.1. The lowest BCUT2D eigenvalue weighted by molar-refractivity contribution is 0.361. The number of allylic oxidation sites excluding steroid dienone is 10. The first-order chi connectivity index (χ1) is 35.4. The molecule has 4 aromatic heterocycles. The van der Waals surface area contributed by atoms with Gasteiger partial charge in [0.1, 0.15) is 17.8 Å². The van der Waals surface area contributed by atoms with E-state index in [4.69, 9.17) is 15.7 Å². The second-order valence-corrected chi connectivity index (χ2v) is 17.8. The number of nitrogens with two attached hydrogens (primary N) is 1. The minimum absolute atomic E-state index is 0.128. The van der Waals surface area contributed by atoms with Crippen LogP contribution in [0.3, 0.4) is 0 Å². The van der Waals surface area contributed by atoms with E-state index < -0.39 is 0 Å². The van der Waals surface area contributed by atoms with Crippen LogP contribution in [0.2, 0.25) is 0 Å². The number of pyridine rings is 2. The zero-order valence-corrected chi connectivity index (χ0v) is 40.3. The molecular weight excluding hydrogens is 881 g/mol. The Morgan fingerprint density at radius 3 is 2.29 bits per heavy atom. The van der Waals surface area contributed by atoms with Crippen molar-refractivity contribution in [1.82, 2.24) is 33.9 Å². The summed E-state index contributed by atoms with van der Waals surface area (Å²) < 4.78 is 4.29. The van der Waals surface area contributed by atoms with Crippen molar-refractivity contribution in [2.75, 3.05) is 0 Å². The lowest BCUT2D eigenvalue weighted by atomic mass is 9.89. The number of imidazole rings is 2. The molecule has 0 bridgehead atoms. The Balaban J connectivity index is 0.855. The third-order valence-electron chi connectivity index (χ3n) is 13.4. The highest BCUT2D eigenvalue weighted by molar-refractivity contribution is 5.86. The molecule has 72 heavy (non-hydrogen) atoms. The molecule has 8 aromatic rings. The predicted octanol–water partition coefficient (Wildman–Crippen LogP) is 14.5. The van der Waals surface area contributed by atoms with E-state index in [9.17, 15) is 0 Å². The van der Waals surface area contributed by atoms with Gasteiger partial charge in [-0.25, -0.2) is 9.97 Å². The Labute approximate surface area is 421 Å². The molecule has 1 unspecified atom stereocenters. The van der Waals surface area contributed by atoms with Crippen LogP contribution in [-0.4, -0.2) is 28.6 Å². The molecule has 1 atom stereocenters. The number of nitrogens with one attached hydrogen (secondary N) is 1. The highest BCUT2D eigenvalue weighted by Crippen LogP contribution is 2.41. The van der Waals surface area contributed by atoms with Gasteiger partial charge in [-0.15, -0.1) is 0 Å². The molecule has 3 N–H and O–H groups in total. The first-order valence-corrected chi connectivity index (χ1v) is 24.4. The van der Waals surface area contributed by atoms with Crippen LogP contribution in [0.5, 0.6) is 0 Å². The van der Waals surface area contributed by atoms with Crippen molar-refractivity contribution in [3.63, 3.8) is 0 Å². The highest BCUT2D eigenvalue weighted by Gasteiger charge is 2.29. The average Bonchev–Trinajstić information content (AvgIpc) is 4.18. The molecule has 0 amide bonds. The number of benzene rings is 4. The predicted molar refractivity (Wildman–Crippen MR) is 298 cm³/mol. The Morgan fingerprint density at radius 1 is 0.736 bits per heavy atom. The van der Waals surface area contributed by atoms with Crippen LogP contribution >= 0.6 is 0 Å². The van der Waals surface area contributed by atoms with Crippen LogP contribution in [0, 0.1) is 0 Å². The van der Waals surface area contributed by atoms with Gasteiger partial charge in [-0.3, -0.25) is 8.80 Å². The van der Waals surface area contributed by atoms with Crippen molar-refractivity contribution in [1.29, 1.82) is 0 Å². The van der Waals surface area contributed by atoms with Crippen molar-refractivity contribution < 1.29 is 0 Å². The minimum Gasteiger partial charge on any atom is -0.397 e. The number of rotatable bonds is 13. The lowest BCUT2D eigenvalue weighted by Crippen LogP contribution is -2.26. The Kier molecular flexibility index (Phi) is 12.5. The van der Waals surface area contributed by atoms with E-state index in [1.165, 1.54) is 5.57 Å². The van der Waals surface area contributed by atoms with E-state index in [1.807, 2.05) is 73.9 Å². The van der Waals surface area contributed by atoms with Gasteiger partial charge in [-0.2, -0.15) is 0 Å². The van der Waals surface area contributed by atoms with E-state index in [0.717, 1.165) is 102 Å². The van der Waals surface area contributed by atoms with Gasteiger partial charge >= 0.3 is 0 Å². The number of hydrogen-bond donors (Lipinski definition) is 2. The van der Waals surface area contributed by atoms with Gasteiger partial charge in [0, 0.05) is 53.4 Å². The van der Waals surface area contributed by atoms with E-state index in [-0.39, 0.29) is 6.17 Å². The van der Waals surface area contributed by atoms with Crippen LogP contribution in [0.15, 0.2) is 260 Å². The fourth-order valence-electron chi connectivity index (χ4n) is 9.70. The fourth-order valence-corrected chi connectivity index (χ4v) is 9.70. The van der Waals surface area contributed by atoms with Crippen LogP contribution in [0.25, 0.3) is 68.6 Å². The molecule has 0 saturated heterocycles. The van der Waals surface area contributed by atoms with Gasteiger partial charge in [0.05, 0.1) is 40.0 Å². The SMILES string of the molecule is C=C(/C=C/c1ccc(/C=C/c2nc(-c3ccccc3)c3ccccn23)cc1)N1C=CC=C/C1=C(N)/C(=C/C)/C=C(\CC)c1ccc(-c2ccccc2-c2ncc3ccccn23)c(C2NC=C3C=CC=CN32)c1.